The van der Waals surface area contributed by atoms with Crippen LogP contribution in [0.2, 0.25) is 5.02 Å². The van der Waals surface area contributed by atoms with Crippen LogP contribution >= 0.6 is 11.6 Å². The number of hydrogen-bond acceptors (Lipinski definition) is 4. The zero-order chi connectivity index (χ0) is 25.0. The minimum Gasteiger partial charge on any atom is -0.497 e. The van der Waals surface area contributed by atoms with Crippen molar-refractivity contribution >= 4 is 23.4 Å². The largest absolute Gasteiger partial charge is 0.497 e. The smallest absolute Gasteiger partial charge is 0.261 e. The van der Waals surface area contributed by atoms with E-state index in [1.807, 2.05) is 61.5 Å². The third-order valence-electron chi connectivity index (χ3n) is 5.47. The van der Waals surface area contributed by atoms with Gasteiger partial charge in [-0.2, -0.15) is 0 Å². The summed E-state index contributed by atoms with van der Waals surface area (Å²) in [5.41, 5.74) is 1.81. The number of carbonyl (C=O) groups is 2. The molecule has 3 aromatic carbocycles. The highest BCUT2D eigenvalue weighted by atomic mass is 35.5. The van der Waals surface area contributed by atoms with E-state index in [0.29, 0.717) is 29.5 Å². The van der Waals surface area contributed by atoms with Gasteiger partial charge in [0.2, 0.25) is 5.91 Å². The Hall–Kier alpha value is -3.51. The van der Waals surface area contributed by atoms with E-state index in [2.05, 4.69) is 5.32 Å². The van der Waals surface area contributed by atoms with Crippen LogP contribution in [-0.4, -0.2) is 43.0 Å². The third-order valence-corrected chi connectivity index (χ3v) is 5.70. The number of halogens is 1. The molecular formula is C28H31ClN2O4. The molecule has 3 rings (SSSR count). The molecule has 0 heterocycles. The summed E-state index contributed by atoms with van der Waals surface area (Å²) in [6, 6.07) is 23.3. The molecule has 1 atom stereocenters. The highest BCUT2D eigenvalue weighted by Crippen LogP contribution is 2.20. The van der Waals surface area contributed by atoms with Gasteiger partial charge in [-0.25, -0.2) is 0 Å². The number of hydrogen-bond donors (Lipinski definition) is 1. The van der Waals surface area contributed by atoms with Crippen molar-refractivity contribution in [3.8, 4) is 11.5 Å². The fraction of sp³-hybridized carbons (Fsp3) is 0.286. The van der Waals surface area contributed by atoms with Crippen molar-refractivity contribution in [3.05, 3.63) is 95.0 Å². The van der Waals surface area contributed by atoms with E-state index in [1.54, 1.807) is 36.3 Å². The minimum atomic E-state index is -0.717. The molecule has 3 aromatic rings. The predicted molar refractivity (Wildman–Crippen MR) is 138 cm³/mol. The number of ether oxygens (including phenoxy) is 2. The molecule has 0 saturated carbocycles. The summed E-state index contributed by atoms with van der Waals surface area (Å²) in [6.07, 6.45) is 1.18. The van der Waals surface area contributed by atoms with Crippen LogP contribution in [0, 0.1) is 0 Å². The second kappa shape index (κ2) is 13.4. The predicted octanol–water partition coefficient (Wildman–Crippen LogP) is 4.89. The molecule has 1 N–H and O–H groups in total. The van der Waals surface area contributed by atoms with Crippen LogP contribution in [0.3, 0.4) is 0 Å². The highest BCUT2D eigenvalue weighted by molar-refractivity contribution is 6.30. The molecule has 184 valence electrons. The Morgan fingerprint density at radius 1 is 0.943 bits per heavy atom. The second-order valence-electron chi connectivity index (χ2n) is 8.12. The maximum atomic E-state index is 13.5. The molecule has 0 aliphatic heterocycles. The first-order valence-corrected chi connectivity index (χ1v) is 12.0. The van der Waals surface area contributed by atoms with Gasteiger partial charge in [0.1, 0.15) is 17.5 Å². The van der Waals surface area contributed by atoms with Crippen molar-refractivity contribution in [1.29, 1.82) is 0 Å². The maximum absolute atomic E-state index is 13.5. The summed E-state index contributed by atoms with van der Waals surface area (Å²) in [5.74, 6) is 0.664. The lowest BCUT2D eigenvalue weighted by Gasteiger charge is -2.31. The van der Waals surface area contributed by atoms with Gasteiger partial charge in [-0.3, -0.25) is 9.59 Å². The maximum Gasteiger partial charge on any atom is 0.261 e. The summed E-state index contributed by atoms with van der Waals surface area (Å²) in [7, 11) is 1.59. The Labute approximate surface area is 211 Å². The summed E-state index contributed by atoms with van der Waals surface area (Å²) in [4.78, 5) is 28.4. The average Bonchev–Trinajstić information content (AvgIpc) is 2.88. The molecule has 6 nitrogen and oxygen atoms in total. The lowest BCUT2D eigenvalue weighted by Crippen LogP contribution is -2.51. The summed E-state index contributed by atoms with van der Waals surface area (Å²) in [6.45, 7) is 2.53. The molecule has 0 radical (unpaired) electrons. The lowest BCUT2D eigenvalue weighted by atomic mass is 10.0. The van der Waals surface area contributed by atoms with Crippen LogP contribution in [0.5, 0.6) is 11.5 Å². The van der Waals surface area contributed by atoms with Crippen molar-refractivity contribution in [2.24, 2.45) is 0 Å². The zero-order valence-electron chi connectivity index (χ0n) is 20.1. The lowest BCUT2D eigenvalue weighted by molar-refractivity contribution is -0.142. The van der Waals surface area contributed by atoms with E-state index in [0.717, 1.165) is 17.5 Å². The Morgan fingerprint density at radius 3 is 2.37 bits per heavy atom. The SMILES string of the molecule is CCCNC(=O)[C@H](Cc1ccccc1)N(Cc1cccc(OC)c1)C(=O)COc1cccc(Cl)c1. The number of amides is 2. The second-order valence-corrected chi connectivity index (χ2v) is 8.55. The van der Waals surface area contributed by atoms with Crippen LogP contribution in [0.4, 0.5) is 0 Å². The molecule has 0 fully saturated rings. The van der Waals surface area contributed by atoms with Crippen LogP contribution < -0.4 is 14.8 Å². The molecule has 7 heteroatoms. The van der Waals surface area contributed by atoms with Gasteiger partial charge in [0.15, 0.2) is 6.61 Å². The fourth-order valence-electron chi connectivity index (χ4n) is 3.67. The van der Waals surface area contributed by atoms with Crippen LogP contribution in [0.25, 0.3) is 0 Å². The van der Waals surface area contributed by atoms with E-state index >= 15 is 0 Å². The summed E-state index contributed by atoms with van der Waals surface area (Å²) in [5, 5.41) is 3.48. The Kier molecular flexibility index (Phi) is 9.99. The number of carbonyl (C=O) groups excluding carboxylic acids is 2. The van der Waals surface area contributed by atoms with Gasteiger partial charge < -0.3 is 19.7 Å². The van der Waals surface area contributed by atoms with E-state index in [-0.39, 0.29) is 25.0 Å². The van der Waals surface area contributed by atoms with E-state index in [4.69, 9.17) is 21.1 Å². The van der Waals surface area contributed by atoms with Crippen LogP contribution in [0.1, 0.15) is 24.5 Å². The molecule has 0 unspecified atom stereocenters. The van der Waals surface area contributed by atoms with E-state index < -0.39 is 6.04 Å². The topological polar surface area (TPSA) is 67.9 Å². The van der Waals surface area contributed by atoms with Gasteiger partial charge in [0.25, 0.3) is 5.91 Å². The number of benzene rings is 3. The van der Waals surface area contributed by atoms with Gasteiger partial charge >= 0.3 is 0 Å². The molecule has 0 aliphatic carbocycles. The van der Waals surface area contributed by atoms with Crippen LogP contribution in [-0.2, 0) is 22.6 Å². The van der Waals surface area contributed by atoms with Crippen molar-refractivity contribution in [2.45, 2.75) is 32.4 Å². The Bertz CT molecular complexity index is 1110. The number of nitrogens with one attached hydrogen (secondary N) is 1. The standard InChI is InChI=1S/C28H31ClN2O4/c1-3-15-30-28(33)26(17-21-9-5-4-6-10-21)31(19-22-11-7-13-24(16-22)34-2)27(32)20-35-25-14-8-12-23(29)18-25/h4-14,16,18,26H,3,15,17,19-20H2,1-2H3,(H,30,33)/t26-/m0/s1. The monoisotopic (exact) mass is 494 g/mol. The van der Waals surface area contributed by atoms with E-state index in [9.17, 15) is 9.59 Å². The van der Waals surface area contributed by atoms with Gasteiger partial charge in [-0.1, -0.05) is 67.1 Å². The molecule has 0 saturated heterocycles. The minimum absolute atomic E-state index is 0.199. The zero-order valence-corrected chi connectivity index (χ0v) is 20.8. The first kappa shape index (κ1) is 26.1. The first-order chi connectivity index (χ1) is 17.0. The molecule has 0 aromatic heterocycles. The fourth-order valence-corrected chi connectivity index (χ4v) is 3.85. The van der Waals surface area contributed by atoms with Gasteiger partial charge in [0, 0.05) is 24.5 Å². The molecule has 35 heavy (non-hydrogen) atoms. The highest BCUT2D eigenvalue weighted by Gasteiger charge is 2.30. The quantitative estimate of drug-likeness (QED) is 0.389. The van der Waals surface area contributed by atoms with Gasteiger partial charge in [-0.05, 0) is 47.9 Å². The van der Waals surface area contributed by atoms with Crippen LogP contribution in [0.15, 0.2) is 78.9 Å². The summed E-state index contributed by atoms with van der Waals surface area (Å²) >= 11 is 6.05. The molecule has 2 amide bonds. The third kappa shape index (κ3) is 8.04. The van der Waals surface area contributed by atoms with Crippen molar-refractivity contribution in [3.63, 3.8) is 0 Å². The van der Waals surface area contributed by atoms with Crippen molar-refractivity contribution in [2.75, 3.05) is 20.3 Å². The van der Waals surface area contributed by atoms with E-state index in [1.165, 1.54) is 0 Å². The molecule has 0 spiro atoms. The molecule has 0 aliphatic rings. The van der Waals surface area contributed by atoms with Gasteiger partial charge in [0.05, 0.1) is 7.11 Å². The summed E-state index contributed by atoms with van der Waals surface area (Å²) < 4.78 is 11.1. The number of nitrogens with zero attached hydrogens (tertiary/aromatic N) is 1. The van der Waals surface area contributed by atoms with Crippen molar-refractivity contribution in [1.82, 2.24) is 10.2 Å². The first-order valence-electron chi connectivity index (χ1n) is 11.6. The molecule has 0 bridgehead atoms. The van der Waals surface area contributed by atoms with Gasteiger partial charge in [-0.15, -0.1) is 0 Å². The Balaban J connectivity index is 1.90. The normalized spacial score (nSPS) is 11.4. The molecular weight excluding hydrogens is 464 g/mol. The Morgan fingerprint density at radius 2 is 1.66 bits per heavy atom. The number of methoxy groups -OCH3 is 1. The average molecular weight is 495 g/mol. The van der Waals surface area contributed by atoms with Crippen molar-refractivity contribution < 1.29 is 19.1 Å². The number of rotatable bonds is 12.